The Morgan fingerprint density at radius 3 is 1.96 bits per heavy atom. The third kappa shape index (κ3) is 5.19. The molecular weight excluding hydrogens is 324 g/mol. The van der Waals surface area contributed by atoms with Crippen molar-refractivity contribution in [3.63, 3.8) is 0 Å². The molecule has 0 radical (unpaired) electrons. The van der Waals surface area contributed by atoms with E-state index in [9.17, 15) is 9.59 Å². The highest BCUT2D eigenvalue weighted by atomic mass is 16.2. The third-order valence-electron chi connectivity index (χ3n) is 4.32. The first-order chi connectivity index (χ1) is 12.6. The first kappa shape index (κ1) is 19.7. The molecule has 0 heterocycles. The molecule has 2 amide bonds. The SMILES string of the molecule is CCCN(CCC)C(=O)c1ccc(C(=O)NC(C)c2ccccc2)cc1. The summed E-state index contributed by atoms with van der Waals surface area (Å²) in [5, 5.41) is 2.99. The summed E-state index contributed by atoms with van der Waals surface area (Å²) in [5.41, 5.74) is 2.24. The van der Waals surface area contributed by atoms with Gasteiger partial charge in [-0.2, -0.15) is 0 Å². The summed E-state index contributed by atoms with van der Waals surface area (Å²) in [6, 6.07) is 16.7. The molecule has 4 heteroatoms. The molecule has 0 saturated carbocycles. The van der Waals surface area contributed by atoms with Gasteiger partial charge in [-0.05, 0) is 49.6 Å². The number of hydrogen-bond acceptors (Lipinski definition) is 2. The largest absolute Gasteiger partial charge is 0.346 e. The van der Waals surface area contributed by atoms with Crippen LogP contribution >= 0.6 is 0 Å². The third-order valence-corrected chi connectivity index (χ3v) is 4.32. The van der Waals surface area contributed by atoms with Gasteiger partial charge in [0.05, 0.1) is 6.04 Å². The number of nitrogens with one attached hydrogen (secondary N) is 1. The van der Waals surface area contributed by atoms with Gasteiger partial charge in [-0.1, -0.05) is 44.2 Å². The lowest BCUT2D eigenvalue weighted by Gasteiger charge is -2.21. The normalized spacial score (nSPS) is 11.7. The van der Waals surface area contributed by atoms with Crippen LogP contribution in [0.5, 0.6) is 0 Å². The smallest absolute Gasteiger partial charge is 0.253 e. The minimum atomic E-state index is -0.140. The average molecular weight is 352 g/mol. The molecule has 0 aliphatic carbocycles. The Morgan fingerprint density at radius 1 is 0.885 bits per heavy atom. The van der Waals surface area contributed by atoms with Gasteiger partial charge in [0, 0.05) is 24.2 Å². The number of carbonyl (C=O) groups is 2. The molecule has 138 valence electrons. The molecule has 0 aliphatic rings. The monoisotopic (exact) mass is 352 g/mol. The number of carbonyl (C=O) groups excluding carboxylic acids is 2. The fourth-order valence-electron chi connectivity index (χ4n) is 2.91. The number of benzene rings is 2. The summed E-state index contributed by atoms with van der Waals surface area (Å²) in [6.07, 6.45) is 1.87. The number of rotatable bonds is 8. The van der Waals surface area contributed by atoms with Crippen LogP contribution < -0.4 is 5.32 Å². The highest BCUT2D eigenvalue weighted by Crippen LogP contribution is 2.14. The Balaban J connectivity index is 2.04. The fraction of sp³-hybridized carbons (Fsp3) is 0.364. The van der Waals surface area contributed by atoms with Crippen LogP contribution in [0.1, 0.15) is 65.9 Å². The second kappa shape index (κ2) is 9.76. The molecule has 1 N–H and O–H groups in total. The van der Waals surface area contributed by atoms with Gasteiger partial charge < -0.3 is 10.2 Å². The summed E-state index contributed by atoms with van der Waals surface area (Å²) in [4.78, 5) is 26.9. The molecule has 0 saturated heterocycles. The molecule has 1 atom stereocenters. The van der Waals surface area contributed by atoms with Gasteiger partial charge in [0.25, 0.3) is 11.8 Å². The van der Waals surface area contributed by atoms with E-state index in [-0.39, 0.29) is 17.9 Å². The van der Waals surface area contributed by atoms with Gasteiger partial charge >= 0.3 is 0 Å². The quantitative estimate of drug-likeness (QED) is 0.763. The van der Waals surface area contributed by atoms with Gasteiger partial charge in [-0.3, -0.25) is 9.59 Å². The van der Waals surface area contributed by atoms with E-state index in [2.05, 4.69) is 19.2 Å². The van der Waals surface area contributed by atoms with Crippen LogP contribution in [0.3, 0.4) is 0 Å². The van der Waals surface area contributed by atoms with Crippen molar-refractivity contribution in [2.24, 2.45) is 0 Å². The first-order valence-electron chi connectivity index (χ1n) is 9.32. The van der Waals surface area contributed by atoms with Gasteiger partial charge in [-0.25, -0.2) is 0 Å². The second-order valence-corrected chi connectivity index (χ2v) is 6.48. The Hall–Kier alpha value is -2.62. The summed E-state index contributed by atoms with van der Waals surface area (Å²) in [6.45, 7) is 7.60. The van der Waals surface area contributed by atoms with Crippen molar-refractivity contribution in [1.29, 1.82) is 0 Å². The second-order valence-electron chi connectivity index (χ2n) is 6.48. The minimum absolute atomic E-state index is 0.0262. The van der Waals surface area contributed by atoms with Crippen LogP contribution in [0.2, 0.25) is 0 Å². The molecular formula is C22H28N2O2. The van der Waals surface area contributed by atoms with Crippen molar-refractivity contribution in [3.05, 3.63) is 71.3 Å². The standard InChI is InChI=1S/C22H28N2O2/c1-4-15-24(16-5-2)22(26)20-13-11-19(12-14-20)21(25)23-17(3)18-9-7-6-8-10-18/h6-14,17H,4-5,15-16H2,1-3H3,(H,23,25). The van der Waals surface area contributed by atoms with E-state index in [1.165, 1.54) is 0 Å². The first-order valence-corrected chi connectivity index (χ1v) is 9.32. The highest BCUT2D eigenvalue weighted by molar-refractivity contribution is 5.98. The van der Waals surface area contributed by atoms with Gasteiger partial charge in [-0.15, -0.1) is 0 Å². The van der Waals surface area contributed by atoms with E-state index in [1.807, 2.05) is 42.2 Å². The van der Waals surface area contributed by atoms with Crippen LogP contribution in [0, 0.1) is 0 Å². The van der Waals surface area contributed by atoms with Crippen LogP contribution in [0.25, 0.3) is 0 Å². The summed E-state index contributed by atoms with van der Waals surface area (Å²) < 4.78 is 0. The number of hydrogen-bond donors (Lipinski definition) is 1. The molecule has 26 heavy (non-hydrogen) atoms. The number of amides is 2. The van der Waals surface area contributed by atoms with E-state index in [0.29, 0.717) is 11.1 Å². The maximum absolute atomic E-state index is 12.6. The molecule has 0 spiro atoms. The molecule has 0 bridgehead atoms. The summed E-state index contributed by atoms with van der Waals surface area (Å²) in [7, 11) is 0. The van der Waals surface area contributed by atoms with Crippen molar-refractivity contribution >= 4 is 11.8 Å². The van der Waals surface area contributed by atoms with Crippen LogP contribution in [0.15, 0.2) is 54.6 Å². The van der Waals surface area contributed by atoms with E-state index >= 15 is 0 Å². The fourth-order valence-corrected chi connectivity index (χ4v) is 2.91. The van der Waals surface area contributed by atoms with Gasteiger partial charge in [0.2, 0.25) is 0 Å². The Bertz CT molecular complexity index is 705. The zero-order valence-corrected chi connectivity index (χ0v) is 15.9. The van der Waals surface area contributed by atoms with Gasteiger partial charge in [0.1, 0.15) is 0 Å². The van der Waals surface area contributed by atoms with E-state index in [0.717, 1.165) is 31.5 Å². The number of nitrogens with zero attached hydrogens (tertiary/aromatic N) is 1. The molecule has 0 aromatic heterocycles. The molecule has 0 fully saturated rings. The Labute approximate surface area is 156 Å². The van der Waals surface area contributed by atoms with E-state index < -0.39 is 0 Å². The van der Waals surface area contributed by atoms with Crippen molar-refractivity contribution < 1.29 is 9.59 Å². The van der Waals surface area contributed by atoms with E-state index in [4.69, 9.17) is 0 Å². The van der Waals surface area contributed by atoms with Crippen molar-refractivity contribution in [1.82, 2.24) is 10.2 Å². The molecule has 2 aromatic rings. The molecule has 1 unspecified atom stereocenters. The Morgan fingerprint density at radius 2 is 1.42 bits per heavy atom. The summed E-state index contributed by atoms with van der Waals surface area (Å²) in [5.74, 6) is -0.113. The van der Waals surface area contributed by atoms with Crippen LogP contribution in [-0.4, -0.2) is 29.8 Å². The maximum atomic E-state index is 12.6. The van der Waals surface area contributed by atoms with E-state index in [1.54, 1.807) is 24.3 Å². The molecule has 4 nitrogen and oxygen atoms in total. The lowest BCUT2D eigenvalue weighted by molar-refractivity contribution is 0.0755. The average Bonchev–Trinajstić information content (AvgIpc) is 2.68. The van der Waals surface area contributed by atoms with Crippen molar-refractivity contribution in [2.75, 3.05) is 13.1 Å². The maximum Gasteiger partial charge on any atom is 0.253 e. The van der Waals surface area contributed by atoms with Crippen LogP contribution in [0.4, 0.5) is 0 Å². The molecule has 2 aromatic carbocycles. The van der Waals surface area contributed by atoms with Crippen LogP contribution in [-0.2, 0) is 0 Å². The zero-order chi connectivity index (χ0) is 18.9. The summed E-state index contributed by atoms with van der Waals surface area (Å²) >= 11 is 0. The minimum Gasteiger partial charge on any atom is -0.346 e. The van der Waals surface area contributed by atoms with Crippen molar-refractivity contribution in [3.8, 4) is 0 Å². The zero-order valence-electron chi connectivity index (χ0n) is 15.9. The van der Waals surface area contributed by atoms with Gasteiger partial charge in [0.15, 0.2) is 0 Å². The predicted molar refractivity (Wildman–Crippen MR) is 105 cm³/mol. The lowest BCUT2D eigenvalue weighted by atomic mass is 10.1. The predicted octanol–water partition coefficient (Wildman–Crippen LogP) is 4.44. The molecule has 0 aliphatic heterocycles. The topological polar surface area (TPSA) is 49.4 Å². The highest BCUT2D eigenvalue weighted by Gasteiger charge is 2.16. The molecule has 2 rings (SSSR count). The van der Waals surface area contributed by atoms with Crippen molar-refractivity contribution in [2.45, 2.75) is 39.7 Å². The lowest BCUT2D eigenvalue weighted by Crippen LogP contribution is -2.32. The Kier molecular flexibility index (Phi) is 7.39.